The minimum Gasteiger partial charge on any atom is -0.485 e. The molecule has 0 radical (unpaired) electrons. The Bertz CT molecular complexity index is 1320. The summed E-state index contributed by atoms with van der Waals surface area (Å²) in [5.41, 5.74) is 4.15. The number of likely N-dealkylation sites (N-methyl/N-ethyl adjacent to an activating group) is 1. The molecule has 0 unspecified atom stereocenters. The molecule has 7 heteroatoms. The second-order valence-corrected chi connectivity index (χ2v) is 9.49. The molecule has 36 heavy (non-hydrogen) atoms. The Morgan fingerprint density at radius 3 is 2.64 bits per heavy atom. The third-order valence-corrected chi connectivity index (χ3v) is 6.62. The molecule has 0 aliphatic carbocycles. The van der Waals surface area contributed by atoms with Crippen molar-refractivity contribution in [2.75, 3.05) is 25.0 Å². The SMILES string of the molecule is CC[NH+](CC)CCn1c(NC(=O)c2ccc(COc3cc(C)ccc3C(C)C)o2)nc2ccccc21. The quantitative estimate of drug-likeness (QED) is 0.317. The number of quaternary nitrogens is 1. The first-order valence-electron chi connectivity index (χ1n) is 12.8. The molecule has 7 nitrogen and oxygen atoms in total. The summed E-state index contributed by atoms with van der Waals surface area (Å²) in [6.07, 6.45) is 0. The van der Waals surface area contributed by atoms with Crippen molar-refractivity contribution in [1.82, 2.24) is 9.55 Å². The van der Waals surface area contributed by atoms with E-state index in [-0.39, 0.29) is 18.3 Å². The van der Waals surface area contributed by atoms with Crippen LogP contribution in [-0.4, -0.2) is 35.1 Å². The molecule has 1 amide bonds. The normalized spacial score (nSPS) is 11.5. The average Bonchev–Trinajstić information content (AvgIpc) is 3.48. The number of aromatic nitrogens is 2. The molecule has 2 aromatic carbocycles. The summed E-state index contributed by atoms with van der Waals surface area (Å²) >= 11 is 0. The lowest BCUT2D eigenvalue weighted by Crippen LogP contribution is -3.11. The van der Waals surface area contributed by atoms with Gasteiger partial charge in [-0.15, -0.1) is 0 Å². The first-order chi connectivity index (χ1) is 17.4. The van der Waals surface area contributed by atoms with E-state index < -0.39 is 0 Å². The number of hydrogen-bond donors (Lipinski definition) is 2. The van der Waals surface area contributed by atoms with E-state index in [2.05, 4.69) is 54.7 Å². The summed E-state index contributed by atoms with van der Waals surface area (Å²) in [6, 6.07) is 17.6. The lowest BCUT2D eigenvalue weighted by Gasteiger charge is -2.17. The number of imidazole rings is 1. The van der Waals surface area contributed by atoms with Crippen LogP contribution in [0.25, 0.3) is 11.0 Å². The molecule has 190 valence electrons. The van der Waals surface area contributed by atoms with E-state index in [9.17, 15) is 4.79 Å². The maximum Gasteiger partial charge on any atom is 0.293 e. The number of carbonyl (C=O) groups excluding carboxylic acids is 1. The molecule has 0 atom stereocenters. The highest BCUT2D eigenvalue weighted by Crippen LogP contribution is 2.28. The van der Waals surface area contributed by atoms with E-state index in [1.807, 2.05) is 37.3 Å². The topological polar surface area (TPSA) is 73.7 Å². The largest absolute Gasteiger partial charge is 0.485 e. The average molecular weight is 490 g/mol. The molecule has 2 aromatic heterocycles. The van der Waals surface area contributed by atoms with Crippen LogP contribution in [0.2, 0.25) is 0 Å². The van der Waals surface area contributed by atoms with Crippen LogP contribution in [0.5, 0.6) is 5.75 Å². The Morgan fingerprint density at radius 2 is 1.89 bits per heavy atom. The number of furan rings is 1. The summed E-state index contributed by atoms with van der Waals surface area (Å²) in [4.78, 5) is 19.2. The summed E-state index contributed by atoms with van der Waals surface area (Å²) in [6.45, 7) is 14.8. The Morgan fingerprint density at radius 1 is 1.11 bits per heavy atom. The zero-order chi connectivity index (χ0) is 25.7. The molecule has 0 aliphatic rings. The van der Waals surface area contributed by atoms with Crippen LogP contribution in [0.3, 0.4) is 0 Å². The molecule has 2 heterocycles. The van der Waals surface area contributed by atoms with Gasteiger partial charge in [0.25, 0.3) is 5.91 Å². The van der Waals surface area contributed by atoms with Crippen LogP contribution in [0.4, 0.5) is 5.95 Å². The zero-order valence-corrected chi connectivity index (χ0v) is 21.9. The molecule has 0 aliphatic heterocycles. The van der Waals surface area contributed by atoms with Crippen molar-refractivity contribution in [2.24, 2.45) is 0 Å². The number of nitrogens with one attached hydrogen (secondary N) is 2. The van der Waals surface area contributed by atoms with E-state index in [1.54, 1.807) is 12.1 Å². The summed E-state index contributed by atoms with van der Waals surface area (Å²) in [7, 11) is 0. The monoisotopic (exact) mass is 489 g/mol. The third-order valence-electron chi connectivity index (χ3n) is 6.62. The second-order valence-electron chi connectivity index (χ2n) is 9.49. The maximum atomic E-state index is 13.1. The van der Waals surface area contributed by atoms with Gasteiger partial charge >= 0.3 is 0 Å². The van der Waals surface area contributed by atoms with Gasteiger partial charge in [0.1, 0.15) is 18.1 Å². The fourth-order valence-electron chi connectivity index (χ4n) is 4.40. The van der Waals surface area contributed by atoms with Crippen LogP contribution in [0.15, 0.2) is 59.0 Å². The van der Waals surface area contributed by atoms with E-state index in [0.29, 0.717) is 17.6 Å². The smallest absolute Gasteiger partial charge is 0.293 e. The lowest BCUT2D eigenvalue weighted by atomic mass is 10.0. The van der Waals surface area contributed by atoms with Crippen molar-refractivity contribution < 1.29 is 18.8 Å². The predicted octanol–water partition coefficient (Wildman–Crippen LogP) is 4.82. The second kappa shape index (κ2) is 11.4. The highest BCUT2D eigenvalue weighted by Gasteiger charge is 2.18. The molecule has 4 aromatic rings. The van der Waals surface area contributed by atoms with E-state index in [1.165, 1.54) is 4.90 Å². The van der Waals surface area contributed by atoms with Crippen molar-refractivity contribution in [3.05, 3.63) is 77.2 Å². The van der Waals surface area contributed by atoms with Crippen molar-refractivity contribution in [2.45, 2.75) is 53.7 Å². The van der Waals surface area contributed by atoms with Gasteiger partial charge in [-0.05, 0) is 68.1 Å². The van der Waals surface area contributed by atoms with Crippen LogP contribution < -0.4 is 15.0 Å². The summed E-state index contributed by atoms with van der Waals surface area (Å²) in [5.74, 6) is 2.22. The first-order valence-corrected chi connectivity index (χ1v) is 12.8. The fraction of sp³-hybridized carbons (Fsp3) is 0.379. The fourth-order valence-corrected chi connectivity index (χ4v) is 4.40. The predicted molar refractivity (Wildman–Crippen MR) is 143 cm³/mol. The summed E-state index contributed by atoms with van der Waals surface area (Å²) in [5, 5.41) is 2.96. The Hall–Kier alpha value is -3.58. The van der Waals surface area contributed by atoms with Crippen LogP contribution in [0.1, 0.15) is 61.1 Å². The number of amides is 1. The lowest BCUT2D eigenvalue weighted by molar-refractivity contribution is -0.897. The zero-order valence-electron chi connectivity index (χ0n) is 21.9. The highest BCUT2D eigenvalue weighted by atomic mass is 16.5. The number of rotatable bonds is 11. The molecule has 0 fully saturated rings. The van der Waals surface area contributed by atoms with Gasteiger partial charge in [0.2, 0.25) is 5.95 Å². The minimum atomic E-state index is -0.327. The van der Waals surface area contributed by atoms with Crippen molar-refractivity contribution >= 4 is 22.9 Å². The molecular weight excluding hydrogens is 452 g/mol. The number of fused-ring (bicyclic) bond motifs is 1. The van der Waals surface area contributed by atoms with Gasteiger partial charge < -0.3 is 18.6 Å². The van der Waals surface area contributed by atoms with Gasteiger partial charge in [-0.25, -0.2) is 4.98 Å². The van der Waals surface area contributed by atoms with E-state index >= 15 is 0 Å². The number of carbonyl (C=O) groups is 1. The van der Waals surface area contributed by atoms with Crippen LogP contribution in [-0.2, 0) is 13.2 Å². The molecular formula is C29H37N4O3+. The van der Waals surface area contributed by atoms with Gasteiger partial charge in [0, 0.05) is 0 Å². The number of ether oxygens (including phenoxy) is 1. The Labute approximate surface area is 213 Å². The van der Waals surface area contributed by atoms with Crippen molar-refractivity contribution in [3.63, 3.8) is 0 Å². The molecule has 0 bridgehead atoms. The first kappa shape index (κ1) is 25.5. The maximum absolute atomic E-state index is 13.1. The number of para-hydroxylation sites is 2. The van der Waals surface area contributed by atoms with Crippen molar-refractivity contribution in [3.8, 4) is 5.75 Å². The highest BCUT2D eigenvalue weighted by molar-refractivity contribution is 6.02. The van der Waals surface area contributed by atoms with Gasteiger partial charge in [-0.3, -0.25) is 10.1 Å². The van der Waals surface area contributed by atoms with Crippen LogP contribution >= 0.6 is 0 Å². The number of anilines is 1. The van der Waals surface area contributed by atoms with E-state index in [4.69, 9.17) is 9.15 Å². The van der Waals surface area contributed by atoms with E-state index in [0.717, 1.165) is 54.1 Å². The molecule has 0 saturated heterocycles. The number of hydrogen-bond acceptors (Lipinski definition) is 4. The molecule has 2 N–H and O–H groups in total. The van der Waals surface area contributed by atoms with Gasteiger partial charge in [0.15, 0.2) is 5.76 Å². The van der Waals surface area contributed by atoms with Crippen LogP contribution in [0, 0.1) is 6.92 Å². The third kappa shape index (κ3) is 5.79. The molecule has 0 saturated carbocycles. The van der Waals surface area contributed by atoms with Crippen molar-refractivity contribution in [1.29, 1.82) is 0 Å². The molecule has 0 spiro atoms. The van der Waals surface area contributed by atoms with Gasteiger partial charge in [0.05, 0.1) is 37.2 Å². The Kier molecular flexibility index (Phi) is 8.10. The number of aryl methyl sites for hydroxylation is 1. The number of benzene rings is 2. The van der Waals surface area contributed by atoms with Gasteiger partial charge in [-0.1, -0.05) is 38.1 Å². The number of nitrogens with zero attached hydrogens (tertiary/aromatic N) is 2. The Balaban J connectivity index is 1.47. The van der Waals surface area contributed by atoms with Gasteiger partial charge in [-0.2, -0.15) is 0 Å². The molecule has 4 rings (SSSR count). The minimum absolute atomic E-state index is 0.231. The standard InChI is InChI=1S/C29H36N4O3/c1-6-32(7-2)16-17-33-25-11-9-8-10-24(25)30-29(33)31-28(34)26-15-13-22(36-26)19-35-27-18-21(5)12-14-23(27)20(3)4/h8-15,18,20H,6-7,16-17,19H2,1-5H3,(H,30,31,34)/p+1. The summed E-state index contributed by atoms with van der Waals surface area (Å²) < 4.78 is 14.0.